The van der Waals surface area contributed by atoms with Gasteiger partial charge in [-0.2, -0.15) is 11.8 Å². The Morgan fingerprint density at radius 1 is 1.00 bits per heavy atom. The number of rotatable bonds is 8. The average Bonchev–Trinajstić information content (AvgIpc) is 2.26. The number of carbonyl (C=O) groups is 1. The van der Waals surface area contributed by atoms with Gasteiger partial charge >= 0.3 is 0 Å². The van der Waals surface area contributed by atoms with Gasteiger partial charge in [-0.3, -0.25) is 4.79 Å². The SMILES string of the molecule is CSC(C)C(=O)N(CCC(C)C)CCC(C)C. The fraction of sp³-hybridized carbons (Fsp3) is 0.929. The van der Waals surface area contributed by atoms with Crippen LogP contribution in [0.5, 0.6) is 0 Å². The topological polar surface area (TPSA) is 20.3 Å². The summed E-state index contributed by atoms with van der Waals surface area (Å²) in [5.74, 6) is 1.63. The van der Waals surface area contributed by atoms with Crippen LogP contribution in [-0.4, -0.2) is 35.4 Å². The average molecular weight is 259 g/mol. The molecule has 0 aromatic carbocycles. The van der Waals surface area contributed by atoms with Crippen molar-refractivity contribution in [3.05, 3.63) is 0 Å². The molecule has 0 rings (SSSR count). The van der Waals surface area contributed by atoms with Crippen molar-refractivity contribution in [1.82, 2.24) is 4.90 Å². The summed E-state index contributed by atoms with van der Waals surface area (Å²) in [7, 11) is 0. The van der Waals surface area contributed by atoms with Crippen LogP contribution in [0.25, 0.3) is 0 Å². The molecule has 102 valence electrons. The molecule has 0 N–H and O–H groups in total. The van der Waals surface area contributed by atoms with Gasteiger partial charge in [0.2, 0.25) is 5.91 Å². The second-order valence-electron chi connectivity index (χ2n) is 5.57. The lowest BCUT2D eigenvalue weighted by Crippen LogP contribution is -2.38. The van der Waals surface area contributed by atoms with Gasteiger partial charge in [-0.25, -0.2) is 0 Å². The monoisotopic (exact) mass is 259 g/mol. The molecule has 0 heterocycles. The Morgan fingerprint density at radius 2 is 1.41 bits per heavy atom. The van der Waals surface area contributed by atoms with E-state index in [2.05, 4.69) is 32.6 Å². The number of carbonyl (C=O) groups excluding carboxylic acids is 1. The highest BCUT2D eigenvalue weighted by Crippen LogP contribution is 2.13. The standard InChI is InChI=1S/C14H29NOS/c1-11(2)7-9-15(10-8-12(3)4)14(16)13(5)17-6/h11-13H,7-10H2,1-6H3. The third-order valence-electron chi connectivity index (χ3n) is 2.97. The van der Waals surface area contributed by atoms with E-state index in [4.69, 9.17) is 0 Å². The van der Waals surface area contributed by atoms with Crippen molar-refractivity contribution in [2.45, 2.75) is 52.7 Å². The molecule has 0 radical (unpaired) electrons. The predicted octanol–water partition coefficient (Wildman–Crippen LogP) is 3.66. The molecule has 1 unspecified atom stereocenters. The molecule has 3 heteroatoms. The lowest BCUT2D eigenvalue weighted by atomic mass is 10.1. The Balaban J connectivity index is 4.32. The number of hydrogen-bond acceptors (Lipinski definition) is 2. The van der Waals surface area contributed by atoms with Crippen LogP contribution < -0.4 is 0 Å². The van der Waals surface area contributed by atoms with E-state index in [1.165, 1.54) is 0 Å². The van der Waals surface area contributed by atoms with Crippen molar-refractivity contribution in [3.63, 3.8) is 0 Å². The minimum absolute atomic E-state index is 0.0920. The molecular formula is C14H29NOS. The van der Waals surface area contributed by atoms with Crippen molar-refractivity contribution in [1.29, 1.82) is 0 Å². The van der Waals surface area contributed by atoms with E-state index in [0.29, 0.717) is 17.7 Å². The van der Waals surface area contributed by atoms with Crippen LogP contribution in [0.1, 0.15) is 47.5 Å². The maximum Gasteiger partial charge on any atom is 0.235 e. The molecule has 0 saturated heterocycles. The maximum absolute atomic E-state index is 12.2. The minimum Gasteiger partial charge on any atom is -0.342 e. The fourth-order valence-corrected chi connectivity index (χ4v) is 1.87. The molecule has 0 saturated carbocycles. The molecule has 0 bridgehead atoms. The summed E-state index contributed by atoms with van der Waals surface area (Å²) >= 11 is 1.64. The van der Waals surface area contributed by atoms with Gasteiger partial charge in [0, 0.05) is 13.1 Å². The van der Waals surface area contributed by atoms with Crippen molar-refractivity contribution in [2.75, 3.05) is 19.3 Å². The van der Waals surface area contributed by atoms with E-state index in [9.17, 15) is 4.79 Å². The van der Waals surface area contributed by atoms with E-state index >= 15 is 0 Å². The van der Waals surface area contributed by atoms with Gasteiger partial charge in [0.1, 0.15) is 0 Å². The molecular weight excluding hydrogens is 230 g/mol. The Labute approximate surface area is 112 Å². The van der Waals surface area contributed by atoms with Crippen LogP contribution in [0.2, 0.25) is 0 Å². The van der Waals surface area contributed by atoms with E-state index in [-0.39, 0.29) is 5.25 Å². The summed E-state index contributed by atoms with van der Waals surface area (Å²) < 4.78 is 0. The first-order valence-electron chi connectivity index (χ1n) is 6.70. The summed E-state index contributed by atoms with van der Waals surface area (Å²) in [6.07, 6.45) is 4.21. The Hall–Kier alpha value is -0.180. The van der Waals surface area contributed by atoms with Crippen LogP contribution in [-0.2, 0) is 4.79 Å². The summed E-state index contributed by atoms with van der Waals surface area (Å²) in [6, 6.07) is 0. The third-order valence-corrected chi connectivity index (χ3v) is 3.87. The molecule has 0 aromatic heterocycles. The highest BCUT2D eigenvalue weighted by atomic mass is 32.2. The molecule has 0 spiro atoms. The molecule has 0 aliphatic rings. The first-order valence-corrected chi connectivity index (χ1v) is 7.98. The molecule has 0 aromatic rings. The normalized spacial score (nSPS) is 13.2. The van der Waals surface area contributed by atoms with Crippen LogP contribution in [0.15, 0.2) is 0 Å². The van der Waals surface area contributed by atoms with Gasteiger partial charge in [0.15, 0.2) is 0 Å². The van der Waals surface area contributed by atoms with Gasteiger partial charge in [-0.15, -0.1) is 0 Å². The van der Waals surface area contributed by atoms with E-state index in [1.54, 1.807) is 11.8 Å². The summed E-state index contributed by atoms with van der Waals surface area (Å²) in [6.45, 7) is 12.7. The Kier molecular flexibility index (Phi) is 8.75. The molecule has 2 nitrogen and oxygen atoms in total. The summed E-state index contributed by atoms with van der Waals surface area (Å²) in [5, 5.41) is 0.0920. The third kappa shape index (κ3) is 7.69. The van der Waals surface area contributed by atoms with Crippen molar-refractivity contribution >= 4 is 17.7 Å². The lowest BCUT2D eigenvalue weighted by molar-refractivity contribution is -0.130. The zero-order chi connectivity index (χ0) is 13.4. The number of thioether (sulfide) groups is 1. The maximum atomic E-state index is 12.2. The molecule has 0 aliphatic heterocycles. The highest BCUT2D eigenvalue weighted by molar-refractivity contribution is 7.99. The van der Waals surface area contributed by atoms with Gasteiger partial charge < -0.3 is 4.90 Å². The smallest absolute Gasteiger partial charge is 0.235 e. The number of amides is 1. The first-order chi connectivity index (χ1) is 7.88. The van der Waals surface area contributed by atoms with Crippen LogP contribution >= 0.6 is 11.8 Å². The van der Waals surface area contributed by atoms with E-state index in [1.807, 2.05) is 13.2 Å². The Bertz CT molecular complexity index is 204. The minimum atomic E-state index is 0.0920. The summed E-state index contributed by atoms with van der Waals surface area (Å²) in [5.41, 5.74) is 0. The fourth-order valence-electron chi connectivity index (χ4n) is 1.52. The molecule has 17 heavy (non-hydrogen) atoms. The molecule has 0 fully saturated rings. The van der Waals surface area contributed by atoms with Gasteiger partial charge in [0.05, 0.1) is 5.25 Å². The summed E-state index contributed by atoms with van der Waals surface area (Å²) in [4.78, 5) is 14.3. The van der Waals surface area contributed by atoms with Crippen LogP contribution in [0, 0.1) is 11.8 Å². The zero-order valence-electron chi connectivity index (χ0n) is 12.3. The number of nitrogens with zero attached hydrogens (tertiary/aromatic N) is 1. The van der Waals surface area contributed by atoms with Gasteiger partial charge in [0.25, 0.3) is 0 Å². The van der Waals surface area contributed by atoms with Crippen molar-refractivity contribution in [2.24, 2.45) is 11.8 Å². The second kappa shape index (κ2) is 8.84. The molecule has 1 amide bonds. The Morgan fingerprint density at radius 3 is 1.71 bits per heavy atom. The van der Waals surface area contributed by atoms with Gasteiger partial charge in [-0.1, -0.05) is 27.7 Å². The molecule has 1 atom stereocenters. The predicted molar refractivity (Wildman–Crippen MR) is 78.5 cm³/mol. The van der Waals surface area contributed by atoms with Crippen molar-refractivity contribution < 1.29 is 4.79 Å². The van der Waals surface area contributed by atoms with Gasteiger partial charge in [-0.05, 0) is 37.9 Å². The van der Waals surface area contributed by atoms with Crippen LogP contribution in [0.4, 0.5) is 0 Å². The highest BCUT2D eigenvalue weighted by Gasteiger charge is 2.19. The second-order valence-corrected chi connectivity index (χ2v) is 6.75. The zero-order valence-corrected chi connectivity index (χ0v) is 13.1. The van der Waals surface area contributed by atoms with Crippen LogP contribution in [0.3, 0.4) is 0 Å². The quantitative estimate of drug-likeness (QED) is 0.663. The number of hydrogen-bond donors (Lipinski definition) is 0. The molecule has 0 aliphatic carbocycles. The largest absolute Gasteiger partial charge is 0.342 e. The van der Waals surface area contributed by atoms with E-state index in [0.717, 1.165) is 25.9 Å². The lowest BCUT2D eigenvalue weighted by Gasteiger charge is -2.26. The van der Waals surface area contributed by atoms with Crippen molar-refractivity contribution in [3.8, 4) is 0 Å². The first kappa shape index (κ1) is 16.8. The van der Waals surface area contributed by atoms with E-state index < -0.39 is 0 Å².